The number of halogens is 2. The van der Waals surface area contributed by atoms with Gasteiger partial charge in [0.1, 0.15) is 12.1 Å². The van der Waals surface area contributed by atoms with Gasteiger partial charge in [-0.25, -0.2) is 4.79 Å². The second-order valence-corrected chi connectivity index (χ2v) is 7.56. The second-order valence-electron chi connectivity index (χ2n) is 7.56. The minimum Gasteiger partial charge on any atom is -0.445 e. The van der Waals surface area contributed by atoms with E-state index in [1.807, 2.05) is 42.5 Å². The first-order chi connectivity index (χ1) is 13.6. The van der Waals surface area contributed by atoms with Crippen LogP contribution in [-0.2, 0) is 28.2 Å². The summed E-state index contributed by atoms with van der Waals surface area (Å²) in [6.07, 6.45) is 4.00. The smallest absolute Gasteiger partial charge is 0.408 e. The quantitative estimate of drug-likeness (QED) is 0.598. The number of carbonyl (C=O) groups is 2. The molecular formula is C21H26Cl2N4O3. The Labute approximate surface area is 188 Å². The Morgan fingerprint density at radius 1 is 1.00 bits per heavy atom. The molecule has 9 heteroatoms. The first-order valence-corrected chi connectivity index (χ1v) is 9.52. The standard InChI is InChI=1S/C21H24N4O3.2ClH/c22-13-16-6-11-23-17(12-16)20(7-8-20)24-18(26)21(9-10-21)25-19(27)28-14-15-4-2-1-3-5-15;;/h1-6,11-12H,7-10,13-14,22H2,(H,24,26)(H,25,27);2*1H. The van der Waals surface area contributed by atoms with Crippen molar-refractivity contribution in [3.63, 3.8) is 0 Å². The van der Waals surface area contributed by atoms with Gasteiger partial charge in [0.05, 0.1) is 11.2 Å². The molecule has 0 atom stereocenters. The maximum atomic E-state index is 12.9. The Kier molecular flexibility index (Phi) is 7.69. The number of hydrogen-bond donors (Lipinski definition) is 3. The Morgan fingerprint density at radius 2 is 1.70 bits per heavy atom. The second kappa shape index (κ2) is 9.64. The van der Waals surface area contributed by atoms with E-state index in [1.54, 1.807) is 6.20 Å². The van der Waals surface area contributed by atoms with Crippen LogP contribution in [-0.4, -0.2) is 22.5 Å². The molecule has 0 aliphatic heterocycles. The van der Waals surface area contributed by atoms with Crippen molar-refractivity contribution >= 4 is 36.8 Å². The van der Waals surface area contributed by atoms with E-state index >= 15 is 0 Å². The van der Waals surface area contributed by atoms with E-state index in [2.05, 4.69) is 15.6 Å². The molecule has 0 bridgehead atoms. The largest absolute Gasteiger partial charge is 0.445 e. The number of nitrogens with two attached hydrogens (primary N) is 1. The van der Waals surface area contributed by atoms with Gasteiger partial charge in [0, 0.05) is 12.7 Å². The summed E-state index contributed by atoms with van der Waals surface area (Å²) >= 11 is 0. The van der Waals surface area contributed by atoms with E-state index < -0.39 is 17.2 Å². The predicted octanol–water partition coefficient (Wildman–Crippen LogP) is 2.95. The Morgan fingerprint density at radius 3 is 2.30 bits per heavy atom. The third-order valence-corrected chi connectivity index (χ3v) is 5.39. The molecule has 2 aliphatic carbocycles. The Hall–Kier alpha value is -2.35. The van der Waals surface area contributed by atoms with E-state index in [-0.39, 0.29) is 37.3 Å². The highest BCUT2D eigenvalue weighted by molar-refractivity contribution is 5.93. The SMILES string of the molecule is Cl.Cl.NCc1ccnc(C2(NC(=O)C3(NC(=O)OCc4ccccc4)CC3)CC2)c1. The maximum absolute atomic E-state index is 12.9. The molecule has 30 heavy (non-hydrogen) atoms. The lowest BCUT2D eigenvalue weighted by atomic mass is 10.1. The van der Waals surface area contributed by atoms with Gasteiger partial charge in [0.25, 0.3) is 0 Å². The highest BCUT2D eigenvalue weighted by Crippen LogP contribution is 2.46. The molecule has 0 radical (unpaired) electrons. The molecule has 2 aliphatic rings. The van der Waals surface area contributed by atoms with Crippen molar-refractivity contribution < 1.29 is 14.3 Å². The fourth-order valence-corrected chi connectivity index (χ4v) is 3.26. The maximum Gasteiger partial charge on any atom is 0.408 e. The zero-order valence-corrected chi connectivity index (χ0v) is 18.1. The molecule has 0 saturated heterocycles. The van der Waals surface area contributed by atoms with Crippen molar-refractivity contribution in [2.75, 3.05) is 0 Å². The monoisotopic (exact) mass is 452 g/mol. The summed E-state index contributed by atoms with van der Waals surface area (Å²) in [5, 5.41) is 5.85. The van der Waals surface area contributed by atoms with Crippen LogP contribution >= 0.6 is 24.8 Å². The van der Waals surface area contributed by atoms with Gasteiger partial charge in [-0.2, -0.15) is 0 Å². The molecule has 4 rings (SSSR count). The van der Waals surface area contributed by atoms with Crippen molar-refractivity contribution in [3.05, 3.63) is 65.5 Å². The molecule has 162 valence electrons. The fraction of sp³-hybridized carbons (Fsp3) is 0.381. The molecule has 2 aromatic rings. The van der Waals surface area contributed by atoms with Crippen LogP contribution in [0.15, 0.2) is 48.7 Å². The average molecular weight is 453 g/mol. The summed E-state index contributed by atoms with van der Waals surface area (Å²) in [6, 6.07) is 13.2. The van der Waals surface area contributed by atoms with Crippen LogP contribution < -0.4 is 16.4 Å². The average Bonchev–Trinajstić information content (AvgIpc) is 3.65. The van der Waals surface area contributed by atoms with E-state index in [4.69, 9.17) is 10.5 Å². The number of benzene rings is 1. The summed E-state index contributed by atoms with van der Waals surface area (Å²) in [5.74, 6) is -0.179. The van der Waals surface area contributed by atoms with Gasteiger partial charge in [0.2, 0.25) is 5.91 Å². The number of hydrogen-bond acceptors (Lipinski definition) is 5. The van der Waals surface area contributed by atoms with Crippen LogP contribution in [0, 0.1) is 0 Å². The topological polar surface area (TPSA) is 106 Å². The van der Waals surface area contributed by atoms with E-state index in [0.717, 1.165) is 29.7 Å². The summed E-state index contributed by atoms with van der Waals surface area (Å²) in [5.41, 5.74) is 7.08. The van der Waals surface area contributed by atoms with E-state index in [0.29, 0.717) is 19.4 Å². The van der Waals surface area contributed by atoms with Crippen LogP contribution in [0.2, 0.25) is 0 Å². The van der Waals surface area contributed by atoms with Gasteiger partial charge in [-0.05, 0) is 48.9 Å². The number of ether oxygens (including phenoxy) is 1. The molecule has 4 N–H and O–H groups in total. The first-order valence-electron chi connectivity index (χ1n) is 9.52. The van der Waals surface area contributed by atoms with E-state index in [9.17, 15) is 9.59 Å². The van der Waals surface area contributed by atoms with Crippen molar-refractivity contribution in [1.82, 2.24) is 15.6 Å². The molecule has 7 nitrogen and oxygen atoms in total. The fourth-order valence-electron chi connectivity index (χ4n) is 3.26. The van der Waals surface area contributed by atoms with Gasteiger partial charge in [-0.15, -0.1) is 24.8 Å². The third-order valence-electron chi connectivity index (χ3n) is 5.39. The molecule has 0 spiro atoms. The van der Waals surface area contributed by atoms with Crippen molar-refractivity contribution in [3.8, 4) is 0 Å². The Balaban J connectivity index is 0.00000160. The zero-order chi connectivity index (χ0) is 19.6. The number of carbonyl (C=O) groups excluding carboxylic acids is 2. The van der Waals surface area contributed by atoms with Crippen LogP contribution in [0.25, 0.3) is 0 Å². The lowest BCUT2D eigenvalue weighted by molar-refractivity contribution is -0.125. The summed E-state index contributed by atoms with van der Waals surface area (Å²) in [6.45, 7) is 0.600. The number of aromatic nitrogens is 1. The van der Waals surface area contributed by atoms with Gasteiger partial charge in [0.15, 0.2) is 0 Å². The Bertz CT molecular complexity index is 887. The van der Waals surface area contributed by atoms with E-state index in [1.165, 1.54) is 0 Å². The first kappa shape index (κ1) is 23.9. The van der Waals surface area contributed by atoms with Gasteiger partial charge < -0.3 is 21.1 Å². The normalized spacial score (nSPS) is 16.8. The molecule has 1 aromatic carbocycles. The number of rotatable bonds is 7. The van der Waals surface area contributed by atoms with Gasteiger partial charge >= 0.3 is 6.09 Å². The molecule has 1 heterocycles. The van der Waals surface area contributed by atoms with Crippen molar-refractivity contribution in [1.29, 1.82) is 0 Å². The lowest BCUT2D eigenvalue weighted by Crippen LogP contribution is -2.52. The molecule has 0 unspecified atom stereocenters. The highest BCUT2D eigenvalue weighted by Gasteiger charge is 2.56. The summed E-state index contributed by atoms with van der Waals surface area (Å²) in [4.78, 5) is 29.5. The number of pyridine rings is 1. The summed E-state index contributed by atoms with van der Waals surface area (Å²) < 4.78 is 5.26. The van der Waals surface area contributed by atoms with Crippen molar-refractivity contribution in [2.45, 2.75) is 49.9 Å². The third kappa shape index (κ3) is 5.22. The minimum atomic E-state index is -0.880. The number of alkyl carbamates (subject to hydrolysis) is 1. The predicted molar refractivity (Wildman–Crippen MR) is 117 cm³/mol. The number of amides is 2. The highest BCUT2D eigenvalue weighted by atomic mass is 35.5. The lowest BCUT2D eigenvalue weighted by Gasteiger charge is -2.22. The van der Waals surface area contributed by atoms with Gasteiger partial charge in [-0.3, -0.25) is 9.78 Å². The van der Waals surface area contributed by atoms with Crippen LogP contribution in [0.5, 0.6) is 0 Å². The molecular weight excluding hydrogens is 427 g/mol. The molecule has 2 fully saturated rings. The zero-order valence-electron chi connectivity index (χ0n) is 16.4. The van der Waals surface area contributed by atoms with Crippen LogP contribution in [0.1, 0.15) is 42.5 Å². The summed E-state index contributed by atoms with van der Waals surface area (Å²) in [7, 11) is 0. The van der Waals surface area contributed by atoms with Crippen LogP contribution in [0.4, 0.5) is 4.79 Å². The molecule has 2 saturated carbocycles. The molecule has 2 amide bonds. The number of nitrogens with one attached hydrogen (secondary N) is 2. The number of nitrogens with zero attached hydrogens (tertiary/aromatic N) is 1. The minimum absolute atomic E-state index is 0. The molecule has 1 aromatic heterocycles. The van der Waals surface area contributed by atoms with Gasteiger partial charge in [-0.1, -0.05) is 30.3 Å². The van der Waals surface area contributed by atoms with Crippen LogP contribution in [0.3, 0.4) is 0 Å². The van der Waals surface area contributed by atoms with Crippen molar-refractivity contribution in [2.24, 2.45) is 5.73 Å².